The molecule has 4 rings (SSSR count). The number of aromatic hydroxyl groups is 1. The first kappa shape index (κ1) is 14.2. The van der Waals surface area contributed by atoms with Crippen LogP contribution < -0.4 is 5.56 Å². The van der Waals surface area contributed by atoms with Crippen LogP contribution in [0, 0.1) is 12.8 Å². The predicted molar refractivity (Wildman–Crippen MR) is 91.9 cm³/mol. The van der Waals surface area contributed by atoms with Gasteiger partial charge in [0.2, 0.25) is 5.75 Å². The summed E-state index contributed by atoms with van der Waals surface area (Å²) < 4.78 is 1.91. The van der Waals surface area contributed by atoms with Gasteiger partial charge < -0.3 is 10.1 Å². The van der Waals surface area contributed by atoms with Gasteiger partial charge in [0.1, 0.15) is 0 Å². The number of rotatable bonds is 1. The standard InChI is InChI=1S/C19H20N2O2/c1-12-6-7-16-15(10-12)18(22)17(19(23)20-16)21-9-8-13-4-2-3-5-14(13)11-21/h6-10,14H,2-5,11H2,1H3,(H-,20,22,23)/p+1. The number of aromatic nitrogens is 1. The summed E-state index contributed by atoms with van der Waals surface area (Å²) in [6.45, 7) is 2.76. The van der Waals surface area contributed by atoms with E-state index in [2.05, 4.69) is 11.1 Å². The molecule has 2 aromatic rings. The van der Waals surface area contributed by atoms with Crippen molar-refractivity contribution in [2.75, 3.05) is 6.54 Å². The van der Waals surface area contributed by atoms with Crippen LogP contribution in [-0.4, -0.2) is 27.4 Å². The molecule has 1 aromatic heterocycles. The van der Waals surface area contributed by atoms with Crippen LogP contribution in [0.3, 0.4) is 0 Å². The maximum absolute atomic E-state index is 12.5. The highest BCUT2D eigenvalue weighted by Crippen LogP contribution is 2.35. The van der Waals surface area contributed by atoms with Crippen molar-refractivity contribution in [1.82, 2.24) is 4.98 Å². The number of nitrogens with one attached hydrogen (secondary N) is 1. The first-order valence-electron chi connectivity index (χ1n) is 8.29. The van der Waals surface area contributed by atoms with Crippen molar-refractivity contribution in [3.63, 3.8) is 0 Å². The molecule has 0 saturated heterocycles. The van der Waals surface area contributed by atoms with Crippen molar-refractivity contribution in [2.45, 2.75) is 32.6 Å². The zero-order valence-electron chi connectivity index (χ0n) is 13.3. The van der Waals surface area contributed by atoms with Crippen molar-refractivity contribution < 1.29 is 9.68 Å². The summed E-state index contributed by atoms with van der Waals surface area (Å²) in [5.74, 6) is 0.581. The Labute approximate surface area is 134 Å². The van der Waals surface area contributed by atoms with E-state index < -0.39 is 0 Å². The molecular formula is C19H21N2O2+. The molecule has 118 valence electrons. The number of pyridine rings is 1. The molecule has 1 aromatic carbocycles. The smallest absolute Gasteiger partial charge is 0.324 e. The fourth-order valence-corrected chi connectivity index (χ4v) is 3.83. The van der Waals surface area contributed by atoms with Gasteiger partial charge in [0, 0.05) is 17.4 Å². The van der Waals surface area contributed by atoms with Crippen LogP contribution in [0.15, 0.2) is 34.6 Å². The zero-order valence-corrected chi connectivity index (χ0v) is 13.3. The van der Waals surface area contributed by atoms with Gasteiger partial charge in [0.25, 0.3) is 0 Å². The van der Waals surface area contributed by atoms with Crippen molar-refractivity contribution in [3.8, 4) is 5.75 Å². The number of aromatic amines is 1. The van der Waals surface area contributed by atoms with Gasteiger partial charge in [-0.2, -0.15) is 4.58 Å². The van der Waals surface area contributed by atoms with Crippen LogP contribution in [0.5, 0.6) is 5.75 Å². The molecule has 0 spiro atoms. The molecule has 1 saturated carbocycles. The van der Waals surface area contributed by atoms with E-state index in [1.807, 2.05) is 35.9 Å². The minimum Gasteiger partial charge on any atom is -0.502 e. The zero-order chi connectivity index (χ0) is 16.0. The Kier molecular flexibility index (Phi) is 3.33. The highest BCUT2D eigenvalue weighted by molar-refractivity contribution is 5.89. The third-order valence-corrected chi connectivity index (χ3v) is 5.08. The highest BCUT2D eigenvalue weighted by atomic mass is 16.3. The highest BCUT2D eigenvalue weighted by Gasteiger charge is 2.31. The molecular weight excluding hydrogens is 288 g/mol. The van der Waals surface area contributed by atoms with E-state index in [1.165, 1.54) is 24.8 Å². The van der Waals surface area contributed by atoms with Crippen molar-refractivity contribution in [1.29, 1.82) is 0 Å². The summed E-state index contributed by atoms with van der Waals surface area (Å²) in [6, 6.07) is 5.69. The van der Waals surface area contributed by atoms with E-state index in [0.29, 0.717) is 22.5 Å². The first-order valence-corrected chi connectivity index (χ1v) is 8.29. The van der Waals surface area contributed by atoms with Crippen LogP contribution in [0.2, 0.25) is 0 Å². The van der Waals surface area contributed by atoms with Gasteiger partial charge in [-0.15, -0.1) is 0 Å². The van der Waals surface area contributed by atoms with Gasteiger partial charge in [-0.3, -0.25) is 4.79 Å². The van der Waals surface area contributed by atoms with Crippen molar-refractivity contribution >= 4 is 22.8 Å². The molecule has 1 aliphatic carbocycles. The average Bonchev–Trinajstić information content (AvgIpc) is 2.56. The molecule has 0 radical (unpaired) electrons. The molecule has 4 heteroatoms. The quantitative estimate of drug-likeness (QED) is 0.793. The molecule has 0 bridgehead atoms. The van der Waals surface area contributed by atoms with Crippen LogP contribution in [0.1, 0.15) is 31.2 Å². The first-order chi connectivity index (χ1) is 11.1. The lowest BCUT2D eigenvalue weighted by molar-refractivity contribution is -0.446. The number of aryl methyl sites for hydroxylation is 1. The Morgan fingerprint density at radius 1 is 1.30 bits per heavy atom. The summed E-state index contributed by atoms with van der Waals surface area (Å²) in [4.78, 5) is 15.4. The lowest BCUT2D eigenvalue weighted by Crippen LogP contribution is -2.29. The van der Waals surface area contributed by atoms with Crippen molar-refractivity contribution in [2.24, 2.45) is 5.92 Å². The summed E-state index contributed by atoms with van der Waals surface area (Å²) in [7, 11) is 0. The van der Waals surface area contributed by atoms with Gasteiger partial charge >= 0.3 is 11.2 Å². The van der Waals surface area contributed by atoms with Gasteiger partial charge in [-0.1, -0.05) is 23.6 Å². The topological polar surface area (TPSA) is 56.1 Å². The van der Waals surface area contributed by atoms with E-state index in [-0.39, 0.29) is 11.3 Å². The predicted octanol–water partition coefficient (Wildman–Crippen LogP) is 3.39. The van der Waals surface area contributed by atoms with Crippen LogP contribution >= 0.6 is 0 Å². The molecule has 2 aliphatic rings. The van der Waals surface area contributed by atoms with Gasteiger partial charge in [0.05, 0.1) is 5.52 Å². The molecule has 23 heavy (non-hydrogen) atoms. The minimum atomic E-state index is -0.234. The average molecular weight is 309 g/mol. The van der Waals surface area contributed by atoms with Gasteiger partial charge in [-0.25, -0.2) is 0 Å². The van der Waals surface area contributed by atoms with E-state index in [9.17, 15) is 9.90 Å². The molecule has 1 atom stereocenters. The molecule has 1 unspecified atom stereocenters. The monoisotopic (exact) mass is 309 g/mol. The van der Waals surface area contributed by atoms with Crippen LogP contribution in [-0.2, 0) is 0 Å². The number of benzene rings is 1. The third kappa shape index (κ3) is 2.38. The van der Waals surface area contributed by atoms with Crippen LogP contribution in [0.4, 0.5) is 5.69 Å². The number of fused-ring (bicyclic) bond motifs is 2. The second-order valence-electron chi connectivity index (χ2n) is 6.69. The SMILES string of the molecule is Cc1ccc2[nH]c(=O)c([N+]3=CC=C4CCCCC4C3)c(O)c2c1. The number of H-pyrrole nitrogens is 1. The summed E-state index contributed by atoms with van der Waals surface area (Å²) >= 11 is 0. The second kappa shape index (κ2) is 5.37. The largest absolute Gasteiger partial charge is 0.502 e. The molecule has 0 amide bonds. The normalized spacial score (nSPS) is 20.8. The molecule has 4 nitrogen and oxygen atoms in total. The molecule has 2 heterocycles. The fraction of sp³-hybridized carbons (Fsp3) is 0.368. The summed E-state index contributed by atoms with van der Waals surface area (Å²) in [6.07, 6.45) is 8.91. The van der Waals surface area contributed by atoms with E-state index in [4.69, 9.17) is 0 Å². The van der Waals surface area contributed by atoms with Gasteiger partial charge in [-0.05, 0) is 38.3 Å². The van der Waals surface area contributed by atoms with E-state index in [1.54, 1.807) is 0 Å². The van der Waals surface area contributed by atoms with Gasteiger partial charge in [0.15, 0.2) is 12.8 Å². The summed E-state index contributed by atoms with van der Waals surface area (Å²) in [5.41, 5.74) is 3.35. The van der Waals surface area contributed by atoms with Crippen molar-refractivity contribution in [3.05, 3.63) is 45.8 Å². The second-order valence-corrected chi connectivity index (χ2v) is 6.69. The van der Waals surface area contributed by atoms with Crippen LogP contribution in [0.25, 0.3) is 10.9 Å². The fourth-order valence-electron chi connectivity index (χ4n) is 3.83. The Hall–Kier alpha value is -2.36. The number of allylic oxidation sites excluding steroid dienone is 1. The number of nitrogens with zero attached hydrogens (tertiary/aromatic N) is 1. The molecule has 1 aliphatic heterocycles. The Bertz CT molecular complexity index is 905. The lowest BCUT2D eigenvalue weighted by atomic mass is 9.83. The molecule has 1 fully saturated rings. The summed E-state index contributed by atoms with van der Waals surface area (Å²) in [5, 5.41) is 11.4. The number of hydrogen-bond acceptors (Lipinski definition) is 2. The Morgan fingerprint density at radius 3 is 3.04 bits per heavy atom. The maximum atomic E-state index is 12.5. The Balaban J connectivity index is 1.87. The lowest BCUT2D eigenvalue weighted by Gasteiger charge is -2.25. The Morgan fingerprint density at radius 2 is 2.17 bits per heavy atom. The van der Waals surface area contributed by atoms with E-state index >= 15 is 0 Å². The van der Waals surface area contributed by atoms with E-state index in [0.717, 1.165) is 18.5 Å². The molecule has 2 N–H and O–H groups in total. The third-order valence-electron chi connectivity index (χ3n) is 5.08. The minimum absolute atomic E-state index is 0.0800. The number of hydrogen-bond donors (Lipinski definition) is 2. The maximum Gasteiger partial charge on any atom is 0.324 e.